The molecule has 2 nitrogen and oxygen atoms in total. The van der Waals surface area contributed by atoms with E-state index in [-0.39, 0.29) is 0 Å². The van der Waals surface area contributed by atoms with E-state index in [1.165, 1.54) is 53.9 Å². The molecule has 0 saturated heterocycles. The molecule has 0 radical (unpaired) electrons. The van der Waals surface area contributed by atoms with Gasteiger partial charge >= 0.3 is 0 Å². The minimum atomic E-state index is 0.751. The number of rotatable bonds is 1. The molecule has 0 fully saturated rings. The van der Waals surface area contributed by atoms with Gasteiger partial charge in [-0.25, -0.2) is 9.97 Å². The molecule has 0 aliphatic rings. The van der Waals surface area contributed by atoms with Crippen LogP contribution in [0, 0.1) is 0 Å². The van der Waals surface area contributed by atoms with Gasteiger partial charge in [0.25, 0.3) is 0 Å². The lowest BCUT2D eigenvalue weighted by molar-refractivity contribution is 1.18. The molecule has 0 N–H and O–H groups in total. The molecule has 6 aromatic carbocycles. The predicted octanol–water partition coefficient (Wildman–Crippen LogP) is 7.91. The first-order valence-electron chi connectivity index (χ1n) is 10.9. The maximum Gasteiger partial charge on any atom is 0.159 e. The summed E-state index contributed by atoms with van der Waals surface area (Å²) >= 11 is 0. The van der Waals surface area contributed by atoms with Crippen molar-refractivity contribution in [1.29, 1.82) is 0 Å². The monoisotopic (exact) mass is 406 g/mol. The van der Waals surface area contributed by atoms with Gasteiger partial charge in [0.1, 0.15) is 0 Å². The fourth-order valence-corrected chi connectivity index (χ4v) is 5.21. The Morgan fingerprint density at radius 3 is 1.34 bits per heavy atom. The molecule has 0 aliphatic heterocycles. The molecule has 0 unspecified atom stereocenters. The van der Waals surface area contributed by atoms with Crippen molar-refractivity contribution in [2.24, 2.45) is 0 Å². The molecule has 148 valence electrons. The van der Waals surface area contributed by atoms with Crippen molar-refractivity contribution in [1.82, 2.24) is 9.97 Å². The van der Waals surface area contributed by atoms with Crippen LogP contribution in [0.4, 0.5) is 0 Å². The first-order chi connectivity index (χ1) is 15.9. The molecular formula is C30H18N2. The van der Waals surface area contributed by atoms with Gasteiger partial charge in [-0.2, -0.15) is 0 Å². The van der Waals surface area contributed by atoms with Crippen LogP contribution in [-0.2, 0) is 0 Å². The summed E-state index contributed by atoms with van der Waals surface area (Å²) in [6, 6.07) is 34.8. The highest BCUT2D eigenvalue weighted by Gasteiger charge is 2.16. The van der Waals surface area contributed by atoms with Gasteiger partial charge in [-0.1, -0.05) is 84.9 Å². The molecule has 2 heteroatoms. The highest BCUT2D eigenvalue weighted by atomic mass is 14.8. The summed E-state index contributed by atoms with van der Waals surface area (Å²) in [6.07, 6.45) is 3.60. The molecular weight excluding hydrogens is 388 g/mol. The van der Waals surface area contributed by atoms with Crippen molar-refractivity contribution in [3.8, 4) is 11.4 Å². The normalized spacial score (nSPS) is 11.8. The average Bonchev–Trinajstić information content (AvgIpc) is 2.88. The molecule has 32 heavy (non-hydrogen) atoms. The number of benzene rings is 6. The Balaban J connectivity index is 1.82. The summed E-state index contributed by atoms with van der Waals surface area (Å²) in [5, 5.41) is 12.8. The van der Waals surface area contributed by atoms with Crippen LogP contribution in [0.25, 0.3) is 65.3 Å². The van der Waals surface area contributed by atoms with E-state index in [0.717, 1.165) is 11.4 Å². The number of hydrogen-bond donors (Lipinski definition) is 0. The quantitative estimate of drug-likeness (QED) is 0.259. The lowest BCUT2D eigenvalue weighted by atomic mass is 9.87. The first kappa shape index (κ1) is 17.4. The maximum absolute atomic E-state index is 4.50. The van der Waals surface area contributed by atoms with Gasteiger partial charge in [-0.05, 0) is 66.0 Å². The summed E-state index contributed by atoms with van der Waals surface area (Å²) < 4.78 is 0. The zero-order chi connectivity index (χ0) is 21.1. The number of aromatic nitrogens is 2. The number of fused-ring (bicyclic) bond motifs is 11. The van der Waals surface area contributed by atoms with Gasteiger partial charge in [-0.3, -0.25) is 0 Å². The number of hydrogen-bond acceptors (Lipinski definition) is 2. The third-order valence-electron chi connectivity index (χ3n) is 6.53. The summed E-state index contributed by atoms with van der Waals surface area (Å²) in [5.74, 6) is 0.751. The topological polar surface area (TPSA) is 25.8 Å². The van der Waals surface area contributed by atoms with E-state index in [4.69, 9.17) is 0 Å². The molecule has 1 aromatic heterocycles. The third-order valence-corrected chi connectivity index (χ3v) is 6.53. The van der Waals surface area contributed by atoms with Crippen LogP contribution in [-0.4, -0.2) is 9.97 Å². The molecule has 7 rings (SSSR count). The second kappa shape index (κ2) is 6.60. The first-order valence-corrected chi connectivity index (χ1v) is 10.9. The van der Waals surface area contributed by atoms with Crippen molar-refractivity contribution in [3.05, 3.63) is 109 Å². The molecule has 0 amide bonds. The van der Waals surface area contributed by atoms with E-state index in [9.17, 15) is 0 Å². The van der Waals surface area contributed by atoms with Gasteiger partial charge in [0.15, 0.2) is 5.82 Å². The van der Waals surface area contributed by atoms with Crippen molar-refractivity contribution in [2.45, 2.75) is 0 Å². The smallest absolute Gasteiger partial charge is 0.159 e. The van der Waals surface area contributed by atoms with Gasteiger partial charge in [0, 0.05) is 18.0 Å². The molecule has 1 heterocycles. The van der Waals surface area contributed by atoms with Gasteiger partial charge in [0.05, 0.1) is 0 Å². The fraction of sp³-hybridized carbons (Fsp3) is 0. The number of nitrogens with zero attached hydrogens (tertiary/aromatic N) is 2. The Hall–Kier alpha value is -4.30. The van der Waals surface area contributed by atoms with Gasteiger partial charge in [-0.15, -0.1) is 0 Å². The van der Waals surface area contributed by atoms with E-state index in [1.54, 1.807) is 12.4 Å². The SMILES string of the molecule is c1cnc(-c2ccc3c4ccccc4c4c5ccccc5c5ccccc5c4c3c2)nc1. The Bertz CT molecular complexity index is 1800. The van der Waals surface area contributed by atoms with Crippen molar-refractivity contribution in [2.75, 3.05) is 0 Å². The lowest BCUT2D eigenvalue weighted by Gasteiger charge is -2.16. The minimum absolute atomic E-state index is 0.751. The van der Waals surface area contributed by atoms with Crippen LogP contribution in [0.2, 0.25) is 0 Å². The standard InChI is InChI=1S/C30H18N2/c1-4-11-24-20(8-1)21-9-2-6-13-26(21)29-27-18-19(30-31-16-7-17-32-30)14-15-23(27)22-10-3-5-12-25(22)28(24)29/h1-18H. The molecule has 0 spiro atoms. The van der Waals surface area contributed by atoms with Crippen LogP contribution in [0.1, 0.15) is 0 Å². The van der Waals surface area contributed by atoms with Crippen LogP contribution < -0.4 is 0 Å². The maximum atomic E-state index is 4.50. The summed E-state index contributed by atoms with van der Waals surface area (Å²) in [7, 11) is 0. The summed E-state index contributed by atoms with van der Waals surface area (Å²) in [6.45, 7) is 0. The minimum Gasteiger partial charge on any atom is -0.237 e. The predicted molar refractivity (Wildman–Crippen MR) is 135 cm³/mol. The Labute approximate surface area is 184 Å². The van der Waals surface area contributed by atoms with Gasteiger partial charge < -0.3 is 0 Å². The van der Waals surface area contributed by atoms with Gasteiger partial charge in [0.2, 0.25) is 0 Å². The average molecular weight is 406 g/mol. The second-order valence-corrected chi connectivity index (χ2v) is 8.22. The van der Waals surface area contributed by atoms with E-state index in [2.05, 4.69) is 101 Å². The summed E-state index contributed by atoms with van der Waals surface area (Å²) in [5.41, 5.74) is 1.03. The molecule has 0 aliphatic carbocycles. The van der Waals surface area contributed by atoms with Crippen LogP contribution in [0.15, 0.2) is 109 Å². The van der Waals surface area contributed by atoms with E-state index in [1.807, 2.05) is 6.07 Å². The van der Waals surface area contributed by atoms with Crippen LogP contribution >= 0.6 is 0 Å². The Morgan fingerprint density at radius 2 is 0.812 bits per heavy atom. The van der Waals surface area contributed by atoms with E-state index in [0.29, 0.717) is 0 Å². The third kappa shape index (κ3) is 2.35. The fourth-order valence-electron chi connectivity index (χ4n) is 5.21. The van der Waals surface area contributed by atoms with Crippen molar-refractivity contribution >= 4 is 53.9 Å². The van der Waals surface area contributed by atoms with E-state index < -0.39 is 0 Å². The van der Waals surface area contributed by atoms with Crippen LogP contribution in [0.5, 0.6) is 0 Å². The lowest BCUT2D eigenvalue weighted by Crippen LogP contribution is -1.90. The zero-order valence-corrected chi connectivity index (χ0v) is 17.3. The molecule has 0 saturated carbocycles. The second-order valence-electron chi connectivity index (χ2n) is 8.22. The highest BCUT2D eigenvalue weighted by molar-refractivity contribution is 6.39. The van der Waals surface area contributed by atoms with E-state index >= 15 is 0 Å². The molecule has 7 aromatic rings. The highest BCUT2D eigenvalue weighted by Crippen LogP contribution is 2.44. The molecule has 0 bridgehead atoms. The summed E-state index contributed by atoms with van der Waals surface area (Å²) in [4.78, 5) is 9.00. The largest absolute Gasteiger partial charge is 0.237 e. The Kier molecular flexibility index (Phi) is 3.58. The van der Waals surface area contributed by atoms with Crippen LogP contribution in [0.3, 0.4) is 0 Å². The zero-order valence-electron chi connectivity index (χ0n) is 17.3. The van der Waals surface area contributed by atoms with Crippen molar-refractivity contribution < 1.29 is 0 Å². The Morgan fingerprint density at radius 1 is 0.375 bits per heavy atom. The molecule has 0 atom stereocenters. The van der Waals surface area contributed by atoms with Crippen molar-refractivity contribution in [3.63, 3.8) is 0 Å².